The molecule has 158 valence electrons. The molecule has 30 heavy (non-hydrogen) atoms. The summed E-state index contributed by atoms with van der Waals surface area (Å²) >= 11 is 0. The van der Waals surface area contributed by atoms with Gasteiger partial charge >= 0.3 is 0 Å². The Hall–Kier alpha value is -3.26. The number of anilines is 1. The van der Waals surface area contributed by atoms with E-state index < -0.39 is 0 Å². The Labute approximate surface area is 174 Å². The number of hydrogen-bond donors (Lipinski definition) is 2. The lowest BCUT2D eigenvalue weighted by Crippen LogP contribution is -2.34. The molecule has 2 N–H and O–H groups in total. The van der Waals surface area contributed by atoms with Gasteiger partial charge in [0.15, 0.2) is 0 Å². The number of fused-ring (bicyclic) bond motifs is 1. The molecule has 0 aliphatic carbocycles. The SMILES string of the molecule is CCN(CC)CCNC(=O)c1ccc(NC(=O)Cc2cn3cc(F)ccc3n2)cc1. The first-order chi connectivity index (χ1) is 14.5. The summed E-state index contributed by atoms with van der Waals surface area (Å²) in [5, 5.41) is 5.69. The van der Waals surface area contributed by atoms with Gasteiger partial charge in [0.05, 0.1) is 12.1 Å². The topological polar surface area (TPSA) is 78.7 Å². The second-order valence-electron chi connectivity index (χ2n) is 6.93. The molecule has 0 bridgehead atoms. The normalized spacial score (nSPS) is 11.1. The monoisotopic (exact) mass is 411 g/mol. The van der Waals surface area contributed by atoms with E-state index in [2.05, 4.69) is 34.4 Å². The van der Waals surface area contributed by atoms with Crippen molar-refractivity contribution in [1.29, 1.82) is 0 Å². The van der Waals surface area contributed by atoms with Crippen LogP contribution in [0.3, 0.4) is 0 Å². The third kappa shape index (κ3) is 5.64. The van der Waals surface area contributed by atoms with Crippen LogP contribution < -0.4 is 10.6 Å². The molecule has 2 amide bonds. The highest BCUT2D eigenvalue weighted by atomic mass is 19.1. The van der Waals surface area contributed by atoms with Gasteiger partial charge in [0.1, 0.15) is 11.5 Å². The summed E-state index contributed by atoms with van der Waals surface area (Å²) in [6.45, 7) is 7.48. The van der Waals surface area contributed by atoms with Gasteiger partial charge in [-0.25, -0.2) is 9.37 Å². The molecule has 0 fully saturated rings. The van der Waals surface area contributed by atoms with Crippen molar-refractivity contribution in [3.63, 3.8) is 0 Å². The van der Waals surface area contributed by atoms with Crippen LogP contribution in [0.4, 0.5) is 10.1 Å². The van der Waals surface area contributed by atoms with Gasteiger partial charge in [-0.05, 0) is 49.5 Å². The summed E-state index contributed by atoms with van der Waals surface area (Å²) in [5.41, 5.74) is 2.25. The molecule has 3 rings (SSSR count). The number of carbonyl (C=O) groups excluding carboxylic acids is 2. The fraction of sp³-hybridized carbons (Fsp3) is 0.318. The van der Waals surface area contributed by atoms with E-state index >= 15 is 0 Å². The molecule has 3 aromatic rings. The van der Waals surface area contributed by atoms with Crippen molar-refractivity contribution in [2.24, 2.45) is 0 Å². The van der Waals surface area contributed by atoms with Crippen LogP contribution >= 0.6 is 0 Å². The van der Waals surface area contributed by atoms with Crippen molar-refractivity contribution in [3.05, 3.63) is 65.9 Å². The van der Waals surface area contributed by atoms with E-state index in [0.29, 0.717) is 29.1 Å². The second kappa shape index (κ2) is 9.98. The number of benzene rings is 1. The zero-order valence-electron chi connectivity index (χ0n) is 17.2. The molecule has 0 aliphatic rings. The van der Waals surface area contributed by atoms with Crippen LogP contribution in [-0.4, -0.2) is 52.3 Å². The number of hydrogen-bond acceptors (Lipinski definition) is 4. The van der Waals surface area contributed by atoms with E-state index in [1.807, 2.05) is 0 Å². The minimum absolute atomic E-state index is 0.0664. The van der Waals surface area contributed by atoms with Gasteiger partial charge in [0, 0.05) is 36.7 Å². The van der Waals surface area contributed by atoms with Crippen LogP contribution in [0.25, 0.3) is 5.65 Å². The molecule has 2 heterocycles. The van der Waals surface area contributed by atoms with E-state index in [-0.39, 0.29) is 24.1 Å². The standard InChI is InChI=1S/C22H26FN5O2/c1-3-27(4-2)12-11-24-22(30)16-5-8-18(9-6-16)26-21(29)13-19-15-28-14-17(23)7-10-20(28)25-19/h5-10,14-15H,3-4,11-13H2,1-2H3,(H,24,30)(H,26,29). The molecule has 2 aromatic heterocycles. The van der Waals surface area contributed by atoms with Gasteiger partial charge in [0.25, 0.3) is 5.91 Å². The number of amides is 2. The average Bonchev–Trinajstić information content (AvgIpc) is 3.12. The Balaban J connectivity index is 1.51. The summed E-state index contributed by atoms with van der Waals surface area (Å²) in [6, 6.07) is 9.62. The van der Waals surface area contributed by atoms with Crippen molar-refractivity contribution in [2.45, 2.75) is 20.3 Å². The Bertz CT molecular complexity index is 1010. The Morgan fingerprint density at radius 2 is 1.80 bits per heavy atom. The lowest BCUT2D eigenvalue weighted by molar-refractivity contribution is -0.115. The van der Waals surface area contributed by atoms with Crippen molar-refractivity contribution in [1.82, 2.24) is 19.6 Å². The van der Waals surface area contributed by atoms with Crippen LogP contribution in [0, 0.1) is 5.82 Å². The molecule has 8 heteroatoms. The maximum absolute atomic E-state index is 13.3. The van der Waals surface area contributed by atoms with Crippen LogP contribution in [0.1, 0.15) is 29.9 Å². The van der Waals surface area contributed by atoms with E-state index in [1.54, 1.807) is 40.9 Å². The first-order valence-corrected chi connectivity index (χ1v) is 10.0. The number of carbonyl (C=O) groups is 2. The third-order valence-electron chi connectivity index (χ3n) is 4.85. The second-order valence-corrected chi connectivity index (χ2v) is 6.93. The van der Waals surface area contributed by atoms with Crippen LogP contribution in [0.5, 0.6) is 0 Å². The molecule has 1 aromatic carbocycles. The lowest BCUT2D eigenvalue weighted by Gasteiger charge is -2.17. The van der Waals surface area contributed by atoms with Gasteiger partial charge in [-0.1, -0.05) is 13.8 Å². The number of halogens is 1. The van der Waals surface area contributed by atoms with Crippen molar-refractivity contribution >= 4 is 23.1 Å². The van der Waals surface area contributed by atoms with Crippen molar-refractivity contribution in [2.75, 3.05) is 31.5 Å². The molecule has 0 aliphatic heterocycles. The van der Waals surface area contributed by atoms with Gasteiger partial charge in [0.2, 0.25) is 5.91 Å². The smallest absolute Gasteiger partial charge is 0.251 e. The van der Waals surface area contributed by atoms with E-state index in [0.717, 1.165) is 19.6 Å². The number of aromatic nitrogens is 2. The van der Waals surface area contributed by atoms with Crippen LogP contribution in [-0.2, 0) is 11.2 Å². The van der Waals surface area contributed by atoms with Gasteiger partial charge in [-0.2, -0.15) is 0 Å². The Morgan fingerprint density at radius 1 is 1.07 bits per heavy atom. The first kappa shape index (κ1) is 21.4. The number of likely N-dealkylation sites (N-methyl/N-ethyl adjacent to an activating group) is 1. The number of imidazole rings is 1. The molecule has 0 saturated carbocycles. The molecule has 0 radical (unpaired) electrons. The summed E-state index contributed by atoms with van der Waals surface area (Å²) in [4.78, 5) is 31.1. The Morgan fingerprint density at radius 3 is 2.50 bits per heavy atom. The summed E-state index contributed by atoms with van der Waals surface area (Å²) < 4.78 is 14.8. The number of nitrogens with zero attached hydrogens (tertiary/aromatic N) is 3. The molecular formula is C22H26FN5O2. The molecular weight excluding hydrogens is 385 g/mol. The predicted octanol–water partition coefficient (Wildman–Crippen LogP) is 2.73. The first-order valence-electron chi connectivity index (χ1n) is 10.0. The van der Waals surface area contributed by atoms with E-state index in [4.69, 9.17) is 0 Å². The number of rotatable bonds is 9. The van der Waals surface area contributed by atoms with Gasteiger partial charge in [-0.15, -0.1) is 0 Å². The molecule has 0 unspecified atom stereocenters. The largest absolute Gasteiger partial charge is 0.351 e. The Kier molecular flexibility index (Phi) is 7.13. The molecule has 0 saturated heterocycles. The lowest BCUT2D eigenvalue weighted by atomic mass is 10.2. The summed E-state index contributed by atoms with van der Waals surface area (Å²) in [5.74, 6) is -0.750. The van der Waals surface area contributed by atoms with Crippen molar-refractivity contribution in [3.8, 4) is 0 Å². The van der Waals surface area contributed by atoms with Gasteiger partial charge < -0.3 is 19.9 Å². The average molecular weight is 411 g/mol. The van der Waals surface area contributed by atoms with E-state index in [9.17, 15) is 14.0 Å². The zero-order chi connectivity index (χ0) is 21.5. The summed E-state index contributed by atoms with van der Waals surface area (Å²) in [7, 11) is 0. The predicted molar refractivity (Wildman–Crippen MR) is 114 cm³/mol. The highest BCUT2D eigenvalue weighted by Gasteiger charge is 2.10. The number of pyridine rings is 1. The third-order valence-corrected chi connectivity index (χ3v) is 4.85. The maximum atomic E-state index is 13.3. The minimum Gasteiger partial charge on any atom is -0.351 e. The fourth-order valence-corrected chi connectivity index (χ4v) is 3.15. The molecule has 0 atom stereocenters. The zero-order valence-corrected chi connectivity index (χ0v) is 17.2. The maximum Gasteiger partial charge on any atom is 0.251 e. The minimum atomic E-state index is -0.368. The van der Waals surface area contributed by atoms with Gasteiger partial charge in [-0.3, -0.25) is 9.59 Å². The molecule has 0 spiro atoms. The summed E-state index contributed by atoms with van der Waals surface area (Å²) in [6.07, 6.45) is 3.01. The van der Waals surface area contributed by atoms with Crippen LogP contribution in [0.15, 0.2) is 48.8 Å². The highest BCUT2D eigenvalue weighted by Crippen LogP contribution is 2.12. The highest BCUT2D eigenvalue weighted by molar-refractivity contribution is 5.96. The molecule has 7 nitrogen and oxygen atoms in total. The van der Waals surface area contributed by atoms with Crippen LogP contribution in [0.2, 0.25) is 0 Å². The van der Waals surface area contributed by atoms with E-state index in [1.165, 1.54) is 12.3 Å². The van der Waals surface area contributed by atoms with Crippen molar-refractivity contribution < 1.29 is 14.0 Å². The fourth-order valence-electron chi connectivity index (χ4n) is 3.15. The number of nitrogens with one attached hydrogen (secondary N) is 2. The quantitative estimate of drug-likeness (QED) is 0.568.